The average Bonchev–Trinajstić information content (AvgIpc) is 3.86. The van der Waals surface area contributed by atoms with E-state index in [1.807, 2.05) is 11.3 Å². The van der Waals surface area contributed by atoms with Crippen molar-refractivity contribution < 1.29 is 0 Å². The summed E-state index contributed by atoms with van der Waals surface area (Å²) in [7, 11) is 0. The molecule has 2 aromatic heterocycles. The van der Waals surface area contributed by atoms with Crippen LogP contribution in [0.5, 0.6) is 0 Å². The first-order valence-corrected chi connectivity index (χ1v) is 17.7. The van der Waals surface area contributed by atoms with Crippen molar-refractivity contribution in [2.24, 2.45) is 0 Å². The van der Waals surface area contributed by atoms with Gasteiger partial charge in [-0.15, -0.1) is 11.3 Å². The Kier molecular flexibility index (Phi) is 6.50. The zero-order valence-corrected chi connectivity index (χ0v) is 27.6. The lowest BCUT2D eigenvalue weighted by atomic mass is 9.84. The molecule has 10 rings (SSSR count). The summed E-state index contributed by atoms with van der Waals surface area (Å²) >= 11 is 1.88. The lowest BCUT2D eigenvalue weighted by Crippen LogP contribution is -2.01. The van der Waals surface area contributed by atoms with Gasteiger partial charge in [0.25, 0.3) is 0 Å². The van der Waals surface area contributed by atoms with Crippen LogP contribution in [0.25, 0.3) is 70.8 Å². The van der Waals surface area contributed by atoms with Crippen molar-refractivity contribution in [3.8, 4) is 28.1 Å². The second-order valence-electron chi connectivity index (χ2n) is 12.9. The van der Waals surface area contributed by atoms with Crippen molar-refractivity contribution >= 4 is 54.1 Å². The molecule has 1 nitrogen and oxygen atoms in total. The number of allylic oxidation sites excluding steroid dienone is 1. The van der Waals surface area contributed by atoms with E-state index in [0.29, 0.717) is 0 Å². The van der Waals surface area contributed by atoms with Gasteiger partial charge < -0.3 is 4.57 Å². The maximum absolute atomic E-state index is 2.43. The molecular formula is C47H31NS. The summed E-state index contributed by atoms with van der Waals surface area (Å²) in [6.07, 6.45) is 2.42. The molecule has 0 aliphatic heterocycles. The average molecular weight is 642 g/mol. The largest absolute Gasteiger partial charge is 0.309 e. The summed E-state index contributed by atoms with van der Waals surface area (Å²) in [5.41, 5.74) is 13.9. The highest BCUT2D eigenvalue weighted by atomic mass is 32.1. The van der Waals surface area contributed by atoms with E-state index in [1.54, 1.807) is 0 Å². The van der Waals surface area contributed by atoms with E-state index in [4.69, 9.17) is 0 Å². The second-order valence-corrected chi connectivity index (χ2v) is 14.0. The molecule has 0 amide bonds. The van der Waals surface area contributed by atoms with Crippen LogP contribution in [0.4, 0.5) is 0 Å². The lowest BCUT2D eigenvalue weighted by molar-refractivity contribution is 1.07. The third-order valence-corrected chi connectivity index (χ3v) is 11.2. The van der Waals surface area contributed by atoms with Gasteiger partial charge in [-0.3, -0.25) is 0 Å². The van der Waals surface area contributed by atoms with E-state index in [1.165, 1.54) is 87.0 Å². The van der Waals surface area contributed by atoms with Crippen LogP contribution >= 0.6 is 11.3 Å². The zero-order valence-electron chi connectivity index (χ0n) is 26.8. The maximum atomic E-state index is 2.43. The van der Waals surface area contributed by atoms with Gasteiger partial charge in [0.15, 0.2) is 0 Å². The first kappa shape index (κ1) is 28.1. The van der Waals surface area contributed by atoms with Crippen LogP contribution in [0, 0.1) is 0 Å². The van der Waals surface area contributed by atoms with Gasteiger partial charge in [-0.2, -0.15) is 0 Å². The highest BCUT2D eigenvalue weighted by Crippen LogP contribution is 2.48. The van der Waals surface area contributed by atoms with E-state index in [9.17, 15) is 0 Å². The Labute approximate surface area is 289 Å². The molecule has 1 unspecified atom stereocenters. The number of fused-ring (bicyclic) bond motifs is 5. The highest BCUT2D eigenvalue weighted by molar-refractivity contribution is 7.25. The van der Waals surface area contributed by atoms with E-state index < -0.39 is 0 Å². The molecule has 0 saturated carbocycles. The summed E-state index contributed by atoms with van der Waals surface area (Å²) in [5, 5.41) is 3.91. The number of thiophene rings is 1. The number of hydrogen-bond donors (Lipinski definition) is 0. The van der Waals surface area contributed by atoms with Crippen LogP contribution in [0.1, 0.15) is 28.2 Å². The van der Waals surface area contributed by atoms with Gasteiger partial charge in [0.1, 0.15) is 0 Å². The molecule has 9 aromatic rings. The van der Waals surface area contributed by atoms with Crippen LogP contribution < -0.4 is 0 Å². The fraction of sp³-hybridized carbons (Fsp3) is 0.0213. The van der Waals surface area contributed by atoms with Crippen molar-refractivity contribution in [1.29, 1.82) is 0 Å². The quantitative estimate of drug-likeness (QED) is 0.176. The van der Waals surface area contributed by atoms with Gasteiger partial charge >= 0.3 is 0 Å². The first-order valence-electron chi connectivity index (χ1n) is 16.9. The molecule has 0 bridgehead atoms. The topological polar surface area (TPSA) is 4.93 Å². The van der Waals surface area contributed by atoms with Crippen molar-refractivity contribution in [2.75, 3.05) is 0 Å². The minimum absolute atomic E-state index is 0.158. The number of hydrogen-bond acceptors (Lipinski definition) is 1. The smallest absolute Gasteiger partial charge is 0.0540 e. The lowest BCUT2D eigenvalue weighted by Gasteiger charge is -2.19. The molecule has 0 N–H and O–H groups in total. The molecule has 0 radical (unpaired) electrons. The number of aromatic nitrogens is 1. The fourth-order valence-electron chi connectivity index (χ4n) is 7.79. The molecule has 1 atom stereocenters. The van der Waals surface area contributed by atoms with Crippen LogP contribution in [0.15, 0.2) is 176 Å². The van der Waals surface area contributed by atoms with Crippen molar-refractivity contribution in [2.45, 2.75) is 5.92 Å². The molecule has 1 aliphatic carbocycles. The van der Waals surface area contributed by atoms with Crippen molar-refractivity contribution in [3.63, 3.8) is 0 Å². The summed E-state index contributed by atoms with van der Waals surface area (Å²) in [6, 6.07) is 64.5. The number of benzene rings is 7. The predicted molar refractivity (Wildman–Crippen MR) is 210 cm³/mol. The van der Waals surface area contributed by atoms with Crippen LogP contribution in [0.3, 0.4) is 0 Å². The van der Waals surface area contributed by atoms with Gasteiger partial charge in [-0.25, -0.2) is 0 Å². The van der Waals surface area contributed by atoms with Gasteiger partial charge in [0.2, 0.25) is 0 Å². The number of rotatable bonds is 5. The zero-order chi connectivity index (χ0) is 32.3. The molecule has 7 aromatic carbocycles. The molecule has 2 heterocycles. The van der Waals surface area contributed by atoms with Gasteiger partial charge in [-0.05, 0) is 105 Å². The third kappa shape index (κ3) is 4.68. The SMILES string of the molecule is C1=C(c2ccc3sc4ccccc4c3c2)C(c2ccccc2)c2cc(-c3ccc4c(c3)cc(-c3ccccc3)n4-c3ccccc3)ccc21. The van der Waals surface area contributed by atoms with E-state index in [-0.39, 0.29) is 5.92 Å². The molecule has 0 fully saturated rings. The Morgan fingerprint density at radius 2 is 1.14 bits per heavy atom. The monoisotopic (exact) mass is 641 g/mol. The Balaban J connectivity index is 1.09. The Bertz CT molecular complexity index is 2700. The van der Waals surface area contributed by atoms with Gasteiger partial charge in [0, 0.05) is 37.2 Å². The van der Waals surface area contributed by atoms with Crippen LogP contribution in [-0.4, -0.2) is 4.57 Å². The van der Waals surface area contributed by atoms with Crippen molar-refractivity contribution in [1.82, 2.24) is 4.57 Å². The molecule has 1 aliphatic rings. The highest BCUT2D eigenvalue weighted by Gasteiger charge is 2.28. The van der Waals surface area contributed by atoms with E-state index >= 15 is 0 Å². The Morgan fingerprint density at radius 3 is 1.98 bits per heavy atom. The van der Waals surface area contributed by atoms with E-state index in [0.717, 1.165) is 0 Å². The molecule has 0 saturated heterocycles. The second kappa shape index (κ2) is 11.3. The molecule has 49 heavy (non-hydrogen) atoms. The van der Waals surface area contributed by atoms with Crippen LogP contribution in [-0.2, 0) is 0 Å². The Morgan fingerprint density at radius 1 is 0.469 bits per heavy atom. The van der Waals surface area contributed by atoms with Gasteiger partial charge in [-0.1, -0.05) is 121 Å². The summed E-state index contributed by atoms with van der Waals surface area (Å²) in [6.45, 7) is 0. The molecule has 0 spiro atoms. The molecular weight excluding hydrogens is 611 g/mol. The summed E-state index contributed by atoms with van der Waals surface area (Å²) in [5.74, 6) is 0.158. The first-order chi connectivity index (χ1) is 24.3. The third-order valence-electron chi connectivity index (χ3n) is 10.1. The normalized spacial score (nSPS) is 14.0. The summed E-state index contributed by atoms with van der Waals surface area (Å²) < 4.78 is 5.06. The number of para-hydroxylation sites is 1. The Hall–Kier alpha value is -5.96. The fourth-order valence-corrected chi connectivity index (χ4v) is 8.87. The van der Waals surface area contributed by atoms with Crippen molar-refractivity contribution in [3.05, 3.63) is 198 Å². The minimum Gasteiger partial charge on any atom is -0.309 e. The van der Waals surface area contributed by atoms with Crippen LogP contribution in [0.2, 0.25) is 0 Å². The van der Waals surface area contributed by atoms with Gasteiger partial charge in [0.05, 0.1) is 11.2 Å². The van der Waals surface area contributed by atoms with E-state index in [2.05, 4.69) is 187 Å². The minimum atomic E-state index is 0.158. The summed E-state index contributed by atoms with van der Waals surface area (Å²) in [4.78, 5) is 0. The number of nitrogens with zero attached hydrogens (tertiary/aromatic N) is 1. The molecule has 2 heteroatoms. The maximum Gasteiger partial charge on any atom is 0.0540 e. The predicted octanol–water partition coefficient (Wildman–Crippen LogP) is 13.0. The molecule has 230 valence electrons. The standard InChI is InChI=1S/C47H31NS/c1-4-12-31(13-5-1)44-30-37-26-33(22-24-43(37)48(44)38-16-8-3-9-17-38)34-20-21-35-28-41(47(40(35)27-34)32-14-6-2-7-15-32)36-23-25-46-42(29-36)39-18-10-11-19-45(39)49-46/h1-30,47H.